The number of aryl methyl sites for hydroxylation is 1. The van der Waals surface area contributed by atoms with Crippen molar-refractivity contribution in [3.8, 4) is 5.75 Å². The lowest BCUT2D eigenvalue weighted by atomic mass is 10.1. The molecule has 0 heterocycles. The molecular weight excluding hydrogens is 532 g/mol. The van der Waals surface area contributed by atoms with E-state index >= 15 is 0 Å². The molecule has 226 valence electrons. The van der Waals surface area contributed by atoms with E-state index in [1.165, 1.54) is 16.5 Å². The predicted molar refractivity (Wildman–Crippen MR) is 172 cm³/mol. The Morgan fingerprint density at radius 2 is 1.74 bits per heavy atom. The SMILES string of the molecule is C=C(C)C(=O)NCCN=O.Cc1cc(C(=O)NC(C)CCCCNNc2cccc3c(N(C)C)cccc23)ccc1O. The second-order valence-corrected chi connectivity index (χ2v) is 10.4. The van der Waals surface area contributed by atoms with E-state index in [1.807, 2.05) is 6.92 Å². The number of nitrogens with zero attached hydrogens (tertiary/aromatic N) is 2. The first-order valence-corrected chi connectivity index (χ1v) is 14.1. The maximum Gasteiger partial charge on any atom is 0.251 e. The highest BCUT2D eigenvalue weighted by atomic mass is 16.3. The van der Waals surface area contributed by atoms with E-state index in [1.54, 1.807) is 32.0 Å². The molecule has 0 aliphatic carbocycles. The number of carbonyl (C=O) groups excluding carboxylic acids is 2. The number of nitroso groups, excluding NO2 is 1. The number of nitrogens with one attached hydrogen (secondary N) is 4. The number of benzene rings is 3. The molecule has 3 aromatic rings. The summed E-state index contributed by atoms with van der Waals surface area (Å²) in [6.07, 6.45) is 2.91. The Morgan fingerprint density at radius 3 is 2.40 bits per heavy atom. The molecule has 0 fully saturated rings. The number of hydrogen-bond donors (Lipinski definition) is 5. The van der Waals surface area contributed by atoms with Crippen molar-refractivity contribution in [1.29, 1.82) is 0 Å². The highest BCUT2D eigenvalue weighted by Gasteiger charge is 2.11. The zero-order valence-electron chi connectivity index (χ0n) is 25.3. The summed E-state index contributed by atoms with van der Waals surface area (Å²) < 4.78 is 0. The number of phenols is 1. The Bertz CT molecular complexity index is 1360. The Hall–Kier alpha value is -4.44. The quantitative estimate of drug-likeness (QED) is 0.0764. The third-order valence-electron chi connectivity index (χ3n) is 6.51. The summed E-state index contributed by atoms with van der Waals surface area (Å²) in [6.45, 7) is 10.1. The Kier molecular flexibility index (Phi) is 14.0. The molecule has 10 nitrogen and oxygen atoms in total. The average molecular weight is 577 g/mol. The Balaban J connectivity index is 0.000000528. The topological polar surface area (TPSA) is 135 Å². The molecule has 0 spiro atoms. The van der Waals surface area contributed by atoms with E-state index in [-0.39, 0.29) is 36.7 Å². The second kappa shape index (κ2) is 17.4. The van der Waals surface area contributed by atoms with Crippen LogP contribution in [-0.4, -0.2) is 56.7 Å². The number of amides is 2. The normalized spacial score (nSPS) is 11.1. The van der Waals surface area contributed by atoms with Crippen molar-refractivity contribution in [1.82, 2.24) is 16.1 Å². The number of aromatic hydroxyl groups is 1. The van der Waals surface area contributed by atoms with E-state index in [0.717, 1.165) is 31.5 Å². The molecule has 1 unspecified atom stereocenters. The largest absolute Gasteiger partial charge is 0.508 e. The molecule has 0 saturated heterocycles. The standard InChI is InChI=1S/C26H34N4O2.C6H10N2O2/c1-18-17-20(14-15-25(18)31)26(32)28-19(2)9-5-6-16-27-29-23-12-7-11-22-21(23)10-8-13-24(22)30(3)4;1-5(2)6(9)7-3-4-8-10/h7-8,10-15,17,19,27,29,31H,5-6,9,16H2,1-4H3,(H,28,32);1,3-4H2,2H3,(H,7,9). The molecule has 0 radical (unpaired) electrons. The van der Waals surface area contributed by atoms with Crippen LogP contribution in [0.2, 0.25) is 0 Å². The summed E-state index contributed by atoms with van der Waals surface area (Å²) in [5.41, 5.74) is 10.6. The van der Waals surface area contributed by atoms with E-state index in [4.69, 9.17) is 0 Å². The van der Waals surface area contributed by atoms with Crippen LogP contribution in [0.1, 0.15) is 49.0 Å². The summed E-state index contributed by atoms with van der Waals surface area (Å²) in [7, 11) is 4.12. The molecule has 3 rings (SSSR count). The van der Waals surface area contributed by atoms with E-state index < -0.39 is 0 Å². The Labute approximate surface area is 248 Å². The molecule has 0 aromatic heterocycles. The molecule has 0 aliphatic rings. The molecule has 5 N–H and O–H groups in total. The number of hydrazine groups is 1. The van der Waals surface area contributed by atoms with Gasteiger partial charge >= 0.3 is 0 Å². The van der Waals surface area contributed by atoms with Gasteiger partial charge in [0.25, 0.3) is 5.91 Å². The lowest BCUT2D eigenvalue weighted by Gasteiger charge is -2.18. The van der Waals surface area contributed by atoms with Crippen molar-refractivity contribution in [2.75, 3.05) is 44.1 Å². The van der Waals surface area contributed by atoms with Crippen LogP contribution in [-0.2, 0) is 4.79 Å². The van der Waals surface area contributed by atoms with Gasteiger partial charge in [-0.15, -0.1) is 0 Å². The fourth-order valence-corrected chi connectivity index (χ4v) is 4.16. The van der Waals surface area contributed by atoms with E-state index in [2.05, 4.69) is 88.6 Å². The van der Waals surface area contributed by atoms with Crippen LogP contribution in [0.3, 0.4) is 0 Å². The molecule has 0 saturated carbocycles. The van der Waals surface area contributed by atoms with Crippen LogP contribution in [0.15, 0.2) is 71.9 Å². The van der Waals surface area contributed by atoms with E-state index in [0.29, 0.717) is 16.7 Å². The van der Waals surface area contributed by atoms with Gasteiger partial charge in [0, 0.05) is 60.8 Å². The van der Waals surface area contributed by atoms with Crippen LogP contribution in [0.5, 0.6) is 5.75 Å². The lowest BCUT2D eigenvalue weighted by molar-refractivity contribution is -0.117. The summed E-state index contributed by atoms with van der Waals surface area (Å²) in [4.78, 5) is 34.7. The molecule has 2 amide bonds. The fourth-order valence-electron chi connectivity index (χ4n) is 4.16. The van der Waals surface area contributed by atoms with Gasteiger partial charge in [0.1, 0.15) is 5.75 Å². The van der Waals surface area contributed by atoms with Crippen LogP contribution in [0.25, 0.3) is 10.8 Å². The van der Waals surface area contributed by atoms with Gasteiger partial charge in [-0.1, -0.05) is 42.4 Å². The van der Waals surface area contributed by atoms with Crippen LogP contribution < -0.4 is 26.4 Å². The third-order valence-corrected chi connectivity index (χ3v) is 6.51. The van der Waals surface area contributed by atoms with Crippen molar-refractivity contribution in [2.24, 2.45) is 5.18 Å². The van der Waals surface area contributed by atoms with Gasteiger partial charge in [0.15, 0.2) is 0 Å². The summed E-state index contributed by atoms with van der Waals surface area (Å²) >= 11 is 0. The summed E-state index contributed by atoms with van der Waals surface area (Å²) in [5, 5.41) is 20.1. The van der Waals surface area contributed by atoms with Crippen molar-refractivity contribution in [2.45, 2.75) is 46.1 Å². The highest BCUT2D eigenvalue weighted by molar-refractivity contribution is 6.01. The molecular formula is C32H44N6O4. The molecule has 10 heteroatoms. The first-order valence-electron chi connectivity index (χ1n) is 14.1. The van der Waals surface area contributed by atoms with Crippen molar-refractivity contribution in [3.05, 3.63) is 82.8 Å². The van der Waals surface area contributed by atoms with Gasteiger partial charge in [-0.2, -0.15) is 4.91 Å². The van der Waals surface area contributed by atoms with Gasteiger partial charge in [0.2, 0.25) is 5.91 Å². The second-order valence-electron chi connectivity index (χ2n) is 10.4. The monoisotopic (exact) mass is 576 g/mol. The minimum atomic E-state index is -0.233. The first kappa shape index (κ1) is 33.8. The zero-order valence-corrected chi connectivity index (χ0v) is 25.3. The van der Waals surface area contributed by atoms with Gasteiger partial charge < -0.3 is 26.1 Å². The van der Waals surface area contributed by atoms with Gasteiger partial charge in [-0.3, -0.25) is 9.59 Å². The van der Waals surface area contributed by atoms with Crippen molar-refractivity contribution >= 4 is 34.0 Å². The number of hydrogen-bond acceptors (Lipinski definition) is 8. The number of anilines is 2. The van der Waals surface area contributed by atoms with Crippen LogP contribution in [0.4, 0.5) is 11.4 Å². The molecule has 0 bridgehead atoms. The molecule has 0 aliphatic heterocycles. The van der Waals surface area contributed by atoms with Crippen molar-refractivity contribution in [3.63, 3.8) is 0 Å². The van der Waals surface area contributed by atoms with Gasteiger partial charge in [-0.05, 0) is 69.5 Å². The Morgan fingerprint density at radius 1 is 1.02 bits per heavy atom. The summed E-state index contributed by atoms with van der Waals surface area (Å²) in [6, 6.07) is 17.6. The number of fused-ring (bicyclic) bond motifs is 1. The van der Waals surface area contributed by atoms with Gasteiger partial charge in [-0.25, -0.2) is 5.43 Å². The maximum atomic E-state index is 12.4. The number of rotatable bonds is 14. The highest BCUT2D eigenvalue weighted by Crippen LogP contribution is 2.30. The molecule has 3 aromatic carbocycles. The van der Waals surface area contributed by atoms with E-state index in [9.17, 15) is 19.6 Å². The van der Waals surface area contributed by atoms with Crippen molar-refractivity contribution < 1.29 is 14.7 Å². The smallest absolute Gasteiger partial charge is 0.251 e. The van der Waals surface area contributed by atoms with Crippen LogP contribution in [0, 0.1) is 11.8 Å². The zero-order chi connectivity index (χ0) is 31.1. The fraction of sp³-hybridized carbons (Fsp3) is 0.375. The first-order chi connectivity index (χ1) is 20.0. The molecule has 42 heavy (non-hydrogen) atoms. The predicted octanol–water partition coefficient (Wildman–Crippen LogP) is 5.27. The van der Waals surface area contributed by atoms with Crippen LogP contribution >= 0.6 is 0 Å². The molecule has 1 atom stereocenters. The minimum absolute atomic E-state index is 0.0899. The lowest BCUT2D eigenvalue weighted by Crippen LogP contribution is -2.32. The number of unbranched alkanes of at least 4 members (excludes halogenated alkanes) is 1. The maximum absolute atomic E-state index is 12.4. The average Bonchev–Trinajstić information content (AvgIpc) is 2.96. The number of carbonyl (C=O) groups is 2. The third kappa shape index (κ3) is 10.9. The summed E-state index contributed by atoms with van der Waals surface area (Å²) in [5.74, 6) is -0.130. The minimum Gasteiger partial charge on any atom is -0.508 e. The van der Waals surface area contributed by atoms with Gasteiger partial charge in [0.05, 0.1) is 12.2 Å². The number of phenolic OH excluding ortho intramolecular Hbond substituents is 1.